The molecule has 0 radical (unpaired) electrons. The Labute approximate surface area is 125 Å². The third-order valence-electron chi connectivity index (χ3n) is 3.14. The predicted molar refractivity (Wildman–Crippen MR) is 76.8 cm³/mol. The van der Waals surface area contributed by atoms with Crippen molar-refractivity contribution in [2.75, 3.05) is 31.1 Å². The van der Waals surface area contributed by atoms with Crippen molar-refractivity contribution in [2.24, 2.45) is 15.9 Å². The van der Waals surface area contributed by atoms with Crippen LogP contribution < -0.4 is 10.6 Å². The van der Waals surface area contributed by atoms with Crippen molar-refractivity contribution >= 4 is 28.5 Å². The molecule has 9 heteroatoms. The number of nitrogens with two attached hydrogens (primary N) is 1. The number of rotatable bonds is 1. The number of amidine groups is 1. The van der Waals surface area contributed by atoms with Gasteiger partial charge < -0.3 is 20.7 Å². The van der Waals surface area contributed by atoms with Crippen molar-refractivity contribution in [2.45, 2.75) is 0 Å². The maximum absolute atomic E-state index is 13.7. The van der Waals surface area contributed by atoms with Crippen LogP contribution >= 0.6 is 11.6 Å². The molecule has 1 fully saturated rings. The Morgan fingerprint density at radius 2 is 1.90 bits per heavy atom. The molecule has 0 atom stereocenters. The van der Waals surface area contributed by atoms with Crippen LogP contribution in [0.15, 0.2) is 28.3 Å². The molecular weight excluding hydrogens is 304 g/mol. The van der Waals surface area contributed by atoms with Crippen LogP contribution in [0.3, 0.4) is 0 Å². The van der Waals surface area contributed by atoms with Gasteiger partial charge in [0.05, 0.1) is 5.69 Å². The Kier molecular flexibility index (Phi) is 4.79. The van der Waals surface area contributed by atoms with E-state index in [0.29, 0.717) is 31.9 Å². The zero-order chi connectivity index (χ0) is 15.4. The van der Waals surface area contributed by atoms with Gasteiger partial charge in [-0.3, -0.25) is 0 Å². The van der Waals surface area contributed by atoms with Gasteiger partial charge in [-0.15, -0.1) is 0 Å². The first-order valence-corrected chi connectivity index (χ1v) is 6.55. The minimum atomic E-state index is -0.607. The molecule has 6 nitrogen and oxygen atoms in total. The average Bonchev–Trinajstić information content (AvgIpc) is 2.47. The van der Waals surface area contributed by atoms with Gasteiger partial charge in [0.1, 0.15) is 11.6 Å². The summed E-state index contributed by atoms with van der Waals surface area (Å²) in [6.45, 7) is 1.96. The molecule has 3 N–H and O–H groups in total. The van der Waals surface area contributed by atoms with Gasteiger partial charge in [-0.05, 0) is 23.7 Å². The number of hydrogen-bond acceptors (Lipinski definition) is 3. The third-order valence-corrected chi connectivity index (χ3v) is 3.30. The SMILES string of the molecule is NC(=NC(Cl)=NO)N1CCN(c2ccc(F)cc2F)CC1. The van der Waals surface area contributed by atoms with Crippen LogP contribution in [0.4, 0.5) is 14.5 Å². The van der Waals surface area contributed by atoms with Gasteiger partial charge >= 0.3 is 0 Å². The highest BCUT2D eigenvalue weighted by atomic mass is 35.5. The topological polar surface area (TPSA) is 77.4 Å². The Balaban J connectivity index is 2.02. The molecule has 0 saturated carbocycles. The molecule has 0 amide bonds. The van der Waals surface area contributed by atoms with Crippen LogP contribution in [0.2, 0.25) is 0 Å². The fraction of sp³-hybridized carbons (Fsp3) is 0.333. The van der Waals surface area contributed by atoms with E-state index in [1.165, 1.54) is 12.1 Å². The van der Waals surface area contributed by atoms with Crippen LogP contribution in [0.1, 0.15) is 0 Å². The highest BCUT2D eigenvalue weighted by molar-refractivity contribution is 6.65. The molecule has 0 spiro atoms. The smallest absolute Gasteiger partial charge is 0.262 e. The fourth-order valence-corrected chi connectivity index (χ4v) is 2.19. The lowest BCUT2D eigenvalue weighted by Crippen LogP contribution is -2.51. The number of halogens is 3. The second-order valence-corrected chi connectivity index (χ2v) is 4.75. The molecule has 1 aliphatic heterocycles. The van der Waals surface area contributed by atoms with Crippen LogP contribution in [0, 0.1) is 11.6 Å². The van der Waals surface area contributed by atoms with Crippen LogP contribution in [-0.2, 0) is 0 Å². The highest BCUT2D eigenvalue weighted by Gasteiger charge is 2.21. The van der Waals surface area contributed by atoms with Gasteiger partial charge in [0.2, 0.25) is 0 Å². The molecule has 1 aromatic carbocycles. The Morgan fingerprint density at radius 3 is 2.48 bits per heavy atom. The van der Waals surface area contributed by atoms with E-state index in [2.05, 4.69) is 10.1 Å². The molecule has 1 heterocycles. The summed E-state index contributed by atoms with van der Waals surface area (Å²) in [6, 6.07) is 3.49. The lowest BCUT2D eigenvalue weighted by molar-refractivity contribution is 0.319. The first kappa shape index (κ1) is 15.3. The molecule has 0 unspecified atom stereocenters. The number of piperazine rings is 1. The van der Waals surface area contributed by atoms with Gasteiger partial charge in [0.15, 0.2) is 5.96 Å². The predicted octanol–water partition coefficient (Wildman–Crippen LogP) is 1.39. The van der Waals surface area contributed by atoms with Crippen LogP contribution in [0.25, 0.3) is 0 Å². The second kappa shape index (κ2) is 6.57. The Morgan fingerprint density at radius 1 is 1.24 bits per heavy atom. The van der Waals surface area contributed by atoms with Crippen molar-refractivity contribution in [3.63, 3.8) is 0 Å². The fourth-order valence-electron chi connectivity index (χ4n) is 2.10. The van der Waals surface area contributed by atoms with E-state index >= 15 is 0 Å². The second-order valence-electron chi connectivity index (χ2n) is 4.41. The zero-order valence-electron chi connectivity index (χ0n) is 11.0. The summed E-state index contributed by atoms with van der Waals surface area (Å²) in [5.74, 6) is -1.08. The number of hydrogen-bond donors (Lipinski definition) is 2. The largest absolute Gasteiger partial charge is 0.408 e. The number of aliphatic imine (C=N–C) groups is 1. The normalized spacial score (nSPS) is 17.3. The van der Waals surface area contributed by atoms with Gasteiger partial charge in [-0.1, -0.05) is 5.16 Å². The molecule has 0 bridgehead atoms. The minimum Gasteiger partial charge on any atom is -0.408 e. The number of anilines is 1. The first-order valence-electron chi connectivity index (χ1n) is 6.18. The first-order chi connectivity index (χ1) is 10.0. The summed E-state index contributed by atoms with van der Waals surface area (Å²) in [5.41, 5.74) is 6.06. The lowest BCUT2D eigenvalue weighted by atomic mass is 10.2. The number of nitrogens with zero attached hydrogens (tertiary/aromatic N) is 4. The zero-order valence-corrected chi connectivity index (χ0v) is 11.8. The standard InChI is InChI=1S/C12H14ClF2N5O/c13-11(18-21)17-12(16)20-5-3-19(4-6-20)10-2-1-8(14)7-9(10)15/h1-2,7,21H,3-6H2,(H2,16,17,18). The van der Waals surface area contributed by atoms with Gasteiger partial charge in [-0.2, -0.15) is 4.99 Å². The summed E-state index contributed by atoms with van der Waals surface area (Å²) >= 11 is 5.45. The van der Waals surface area contributed by atoms with E-state index in [0.717, 1.165) is 6.07 Å². The summed E-state index contributed by atoms with van der Waals surface area (Å²) in [5, 5.41) is 10.8. The van der Waals surface area contributed by atoms with Gasteiger partial charge in [0, 0.05) is 32.2 Å². The summed E-state index contributed by atoms with van der Waals surface area (Å²) in [7, 11) is 0. The maximum atomic E-state index is 13.7. The van der Waals surface area contributed by atoms with Crippen molar-refractivity contribution in [3.05, 3.63) is 29.8 Å². The van der Waals surface area contributed by atoms with Crippen LogP contribution in [0.5, 0.6) is 0 Å². The van der Waals surface area contributed by atoms with E-state index in [1.807, 2.05) is 0 Å². The lowest BCUT2D eigenvalue weighted by Gasteiger charge is -2.36. The molecule has 0 aromatic heterocycles. The monoisotopic (exact) mass is 317 g/mol. The summed E-state index contributed by atoms with van der Waals surface area (Å²) in [4.78, 5) is 7.21. The quantitative estimate of drug-likeness (QED) is 0.270. The van der Waals surface area contributed by atoms with Crippen molar-refractivity contribution in [3.8, 4) is 0 Å². The summed E-state index contributed by atoms with van der Waals surface area (Å²) in [6.07, 6.45) is 0. The third kappa shape index (κ3) is 3.72. The van der Waals surface area contributed by atoms with E-state index in [4.69, 9.17) is 22.5 Å². The molecule has 1 aromatic rings. The van der Waals surface area contributed by atoms with Gasteiger partial charge in [0.25, 0.3) is 5.29 Å². The Bertz CT molecular complexity index is 573. The molecule has 114 valence electrons. The van der Waals surface area contributed by atoms with Crippen molar-refractivity contribution < 1.29 is 14.0 Å². The molecule has 1 saturated heterocycles. The highest BCUT2D eigenvalue weighted by Crippen LogP contribution is 2.21. The van der Waals surface area contributed by atoms with E-state index < -0.39 is 11.6 Å². The van der Waals surface area contributed by atoms with E-state index in [-0.39, 0.29) is 11.3 Å². The maximum Gasteiger partial charge on any atom is 0.262 e. The van der Waals surface area contributed by atoms with E-state index in [1.54, 1.807) is 9.80 Å². The number of guanidine groups is 1. The molecule has 21 heavy (non-hydrogen) atoms. The minimum absolute atomic E-state index is 0.122. The number of oxime groups is 1. The average molecular weight is 318 g/mol. The molecule has 2 rings (SSSR count). The Hall–Kier alpha value is -2.09. The van der Waals surface area contributed by atoms with Gasteiger partial charge in [-0.25, -0.2) is 8.78 Å². The van der Waals surface area contributed by atoms with Crippen LogP contribution in [-0.4, -0.2) is 47.5 Å². The molecular formula is C12H14ClF2N5O. The molecule has 1 aliphatic rings. The molecule has 0 aliphatic carbocycles. The van der Waals surface area contributed by atoms with Crippen molar-refractivity contribution in [1.29, 1.82) is 0 Å². The number of benzene rings is 1. The summed E-state index contributed by atoms with van der Waals surface area (Å²) < 4.78 is 26.6. The van der Waals surface area contributed by atoms with Crippen molar-refractivity contribution in [1.82, 2.24) is 4.90 Å². The van der Waals surface area contributed by atoms with E-state index in [9.17, 15) is 8.78 Å².